The molecule has 4 heteroatoms. The van der Waals surface area contributed by atoms with E-state index in [0.29, 0.717) is 6.29 Å². The number of carbonyl (C=O) groups excluding carboxylic acids is 2. The van der Waals surface area contributed by atoms with Gasteiger partial charge in [-0.3, -0.25) is 9.59 Å². The first-order chi connectivity index (χ1) is 5.65. The molecule has 4 nitrogen and oxygen atoms in total. The summed E-state index contributed by atoms with van der Waals surface area (Å²) in [6, 6.07) is 3.79. The average Bonchev–Trinajstić information content (AvgIpc) is 2.03. The number of primary amides is 1. The monoisotopic (exact) mass is 165 g/mol. The molecule has 1 aromatic rings. The molecule has 0 aliphatic rings. The largest absolute Gasteiger partial charge is 0.508 e. The molecule has 0 spiro atoms. The van der Waals surface area contributed by atoms with Crippen molar-refractivity contribution in [2.75, 3.05) is 0 Å². The van der Waals surface area contributed by atoms with Gasteiger partial charge in [-0.15, -0.1) is 0 Å². The minimum atomic E-state index is -0.683. The maximum Gasteiger partial charge on any atom is 0.249 e. The van der Waals surface area contributed by atoms with Gasteiger partial charge in [-0.05, 0) is 18.2 Å². The van der Waals surface area contributed by atoms with E-state index in [-0.39, 0.29) is 16.9 Å². The third-order valence-corrected chi connectivity index (χ3v) is 1.43. The molecular formula is C8H7NO3. The van der Waals surface area contributed by atoms with Crippen molar-refractivity contribution in [3.63, 3.8) is 0 Å². The Morgan fingerprint density at radius 2 is 2.17 bits per heavy atom. The summed E-state index contributed by atoms with van der Waals surface area (Å²) >= 11 is 0. The van der Waals surface area contributed by atoms with Gasteiger partial charge in [0.1, 0.15) is 5.75 Å². The quantitative estimate of drug-likeness (QED) is 0.618. The molecular weight excluding hydrogens is 158 g/mol. The Hall–Kier alpha value is -1.84. The van der Waals surface area contributed by atoms with E-state index in [1.165, 1.54) is 18.2 Å². The Labute approximate surface area is 68.6 Å². The van der Waals surface area contributed by atoms with Gasteiger partial charge in [0.2, 0.25) is 5.91 Å². The highest BCUT2D eigenvalue weighted by molar-refractivity contribution is 6.00. The molecule has 0 aromatic heterocycles. The van der Waals surface area contributed by atoms with Gasteiger partial charge in [0.15, 0.2) is 6.29 Å². The summed E-state index contributed by atoms with van der Waals surface area (Å²) in [6.45, 7) is 0. The Balaban J connectivity index is 3.29. The van der Waals surface area contributed by atoms with E-state index < -0.39 is 5.91 Å². The first-order valence-electron chi connectivity index (χ1n) is 3.23. The molecule has 62 valence electrons. The van der Waals surface area contributed by atoms with Crippen LogP contribution in [0.15, 0.2) is 18.2 Å². The second-order valence-corrected chi connectivity index (χ2v) is 2.25. The number of phenolic OH excluding ortho intramolecular Hbond substituents is 1. The molecule has 0 radical (unpaired) electrons. The van der Waals surface area contributed by atoms with E-state index in [4.69, 9.17) is 10.8 Å². The number of aldehydes is 1. The summed E-state index contributed by atoms with van der Waals surface area (Å²) in [7, 11) is 0. The van der Waals surface area contributed by atoms with E-state index in [1.807, 2.05) is 0 Å². The number of rotatable bonds is 2. The molecule has 0 saturated carbocycles. The summed E-state index contributed by atoms with van der Waals surface area (Å²) < 4.78 is 0. The summed E-state index contributed by atoms with van der Waals surface area (Å²) in [5, 5.41) is 8.94. The molecule has 0 bridgehead atoms. The summed E-state index contributed by atoms with van der Waals surface area (Å²) in [5.41, 5.74) is 5.17. The number of carbonyl (C=O) groups is 2. The van der Waals surface area contributed by atoms with Crippen LogP contribution in [0, 0.1) is 0 Å². The third-order valence-electron chi connectivity index (χ3n) is 1.43. The number of benzene rings is 1. The maximum atomic E-state index is 10.7. The first kappa shape index (κ1) is 8.26. The highest BCUT2D eigenvalue weighted by Crippen LogP contribution is 2.14. The van der Waals surface area contributed by atoms with E-state index in [0.717, 1.165) is 0 Å². The molecule has 3 N–H and O–H groups in total. The van der Waals surface area contributed by atoms with Gasteiger partial charge in [-0.1, -0.05) is 0 Å². The Morgan fingerprint density at radius 3 is 2.67 bits per heavy atom. The normalized spacial score (nSPS) is 9.33. The lowest BCUT2D eigenvalue weighted by molar-refractivity contribution is 0.0993. The molecule has 0 saturated heterocycles. The van der Waals surface area contributed by atoms with Crippen LogP contribution in [0.5, 0.6) is 5.75 Å². The summed E-state index contributed by atoms with van der Waals surface area (Å²) in [5.74, 6) is -0.751. The van der Waals surface area contributed by atoms with Gasteiger partial charge in [-0.25, -0.2) is 0 Å². The van der Waals surface area contributed by atoms with Crippen LogP contribution in [0.3, 0.4) is 0 Å². The van der Waals surface area contributed by atoms with Crippen LogP contribution in [0.25, 0.3) is 0 Å². The lowest BCUT2D eigenvalue weighted by Crippen LogP contribution is -2.13. The summed E-state index contributed by atoms with van der Waals surface area (Å²) in [6.07, 6.45) is 0.472. The van der Waals surface area contributed by atoms with Crippen molar-refractivity contribution in [2.24, 2.45) is 5.73 Å². The van der Waals surface area contributed by atoms with E-state index in [9.17, 15) is 9.59 Å². The van der Waals surface area contributed by atoms with Crippen LogP contribution in [0.4, 0.5) is 0 Å². The number of nitrogens with two attached hydrogens (primary N) is 1. The predicted octanol–water partition coefficient (Wildman–Crippen LogP) is 0.304. The zero-order valence-electron chi connectivity index (χ0n) is 6.15. The molecule has 0 unspecified atom stereocenters. The lowest BCUT2D eigenvalue weighted by atomic mass is 10.1. The molecule has 1 aromatic carbocycles. The molecule has 0 aliphatic carbocycles. The Kier molecular flexibility index (Phi) is 2.09. The highest BCUT2D eigenvalue weighted by atomic mass is 16.3. The van der Waals surface area contributed by atoms with Gasteiger partial charge in [-0.2, -0.15) is 0 Å². The van der Waals surface area contributed by atoms with Crippen LogP contribution in [-0.2, 0) is 0 Å². The topological polar surface area (TPSA) is 80.4 Å². The number of hydrogen-bond donors (Lipinski definition) is 2. The van der Waals surface area contributed by atoms with Gasteiger partial charge in [0.05, 0.1) is 0 Å². The molecule has 0 atom stereocenters. The summed E-state index contributed by atoms with van der Waals surface area (Å²) in [4.78, 5) is 21.0. The predicted molar refractivity (Wildman–Crippen MR) is 42.0 cm³/mol. The van der Waals surface area contributed by atoms with E-state index in [1.54, 1.807) is 0 Å². The average molecular weight is 165 g/mol. The lowest BCUT2D eigenvalue weighted by Gasteiger charge is -1.99. The molecule has 0 aliphatic heterocycles. The van der Waals surface area contributed by atoms with Crippen molar-refractivity contribution in [3.05, 3.63) is 29.3 Å². The molecule has 0 fully saturated rings. The second kappa shape index (κ2) is 3.04. The van der Waals surface area contributed by atoms with E-state index in [2.05, 4.69) is 0 Å². The van der Waals surface area contributed by atoms with Crippen LogP contribution >= 0.6 is 0 Å². The molecule has 0 heterocycles. The molecule has 1 amide bonds. The van der Waals surface area contributed by atoms with Crippen molar-refractivity contribution in [1.29, 1.82) is 0 Å². The Bertz CT molecular complexity index is 333. The van der Waals surface area contributed by atoms with Crippen LogP contribution < -0.4 is 5.73 Å². The van der Waals surface area contributed by atoms with Crippen molar-refractivity contribution < 1.29 is 14.7 Å². The van der Waals surface area contributed by atoms with Crippen LogP contribution in [0.1, 0.15) is 20.7 Å². The van der Waals surface area contributed by atoms with Crippen molar-refractivity contribution in [3.8, 4) is 5.75 Å². The fraction of sp³-hybridized carbons (Fsp3) is 0. The number of amides is 1. The van der Waals surface area contributed by atoms with Gasteiger partial charge >= 0.3 is 0 Å². The third kappa shape index (κ3) is 1.42. The molecule has 1 rings (SSSR count). The molecule has 12 heavy (non-hydrogen) atoms. The zero-order valence-corrected chi connectivity index (χ0v) is 6.15. The van der Waals surface area contributed by atoms with Gasteiger partial charge in [0, 0.05) is 11.1 Å². The van der Waals surface area contributed by atoms with Crippen LogP contribution in [-0.4, -0.2) is 17.3 Å². The number of phenols is 1. The fourth-order valence-electron chi connectivity index (χ4n) is 0.872. The SMILES string of the molecule is NC(=O)c1ccc(O)cc1C=O. The zero-order chi connectivity index (χ0) is 9.14. The fourth-order valence-corrected chi connectivity index (χ4v) is 0.872. The highest BCUT2D eigenvalue weighted by Gasteiger charge is 2.07. The Morgan fingerprint density at radius 1 is 1.50 bits per heavy atom. The van der Waals surface area contributed by atoms with Crippen molar-refractivity contribution in [1.82, 2.24) is 0 Å². The standard InChI is InChI=1S/C8H7NO3/c9-8(12)7-2-1-6(11)3-5(7)4-10/h1-4,11H,(H2,9,12). The maximum absolute atomic E-state index is 10.7. The minimum Gasteiger partial charge on any atom is -0.508 e. The number of hydrogen-bond acceptors (Lipinski definition) is 3. The van der Waals surface area contributed by atoms with Gasteiger partial charge in [0.25, 0.3) is 0 Å². The smallest absolute Gasteiger partial charge is 0.249 e. The first-order valence-corrected chi connectivity index (χ1v) is 3.23. The second-order valence-electron chi connectivity index (χ2n) is 2.25. The van der Waals surface area contributed by atoms with E-state index >= 15 is 0 Å². The van der Waals surface area contributed by atoms with Crippen molar-refractivity contribution in [2.45, 2.75) is 0 Å². The van der Waals surface area contributed by atoms with Crippen molar-refractivity contribution >= 4 is 12.2 Å². The van der Waals surface area contributed by atoms with Crippen LogP contribution in [0.2, 0.25) is 0 Å². The number of aromatic hydroxyl groups is 1. The van der Waals surface area contributed by atoms with Gasteiger partial charge < -0.3 is 10.8 Å². The minimum absolute atomic E-state index is 0.0675.